The molecule has 2 aromatic heterocycles. The van der Waals surface area contributed by atoms with Crippen molar-refractivity contribution in [2.75, 3.05) is 9.80 Å². The molecule has 2 aliphatic rings. The van der Waals surface area contributed by atoms with Crippen LogP contribution in [0.3, 0.4) is 0 Å². The van der Waals surface area contributed by atoms with Gasteiger partial charge < -0.3 is 18.9 Å². The largest absolute Gasteiger partial charge is 0.310 e. The number of anilines is 6. The van der Waals surface area contributed by atoms with Gasteiger partial charge in [-0.05, 0) is 216 Å². The lowest BCUT2D eigenvalue weighted by molar-refractivity contribution is 0.568. The molecule has 18 rings (SSSR count). The van der Waals surface area contributed by atoms with E-state index >= 15 is 0 Å². The Kier molecular flexibility index (Phi) is 11.1. The minimum Gasteiger partial charge on any atom is -0.310 e. The Morgan fingerprint density at radius 1 is 0.231 bits per heavy atom. The molecule has 0 unspecified atom stereocenters. The highest BCUT2D eigenvalue weighted by Crippen LogP contribution is 2.57. The van der Waals surface area contributed by atoms with Gasteiger partial charge in [0.1, 0.15) is 0 Å². The lowest BCUT2D eigenvalue weighted by Gasteiger charge is -2.46. The third kappa shape index (κ3) is 14.1. The van der Waals surface area contributed by atoms with Gasteiger partial charge >= 0.3 is 0 Å². The van der Waals surface area contributed by atoms with Gasteiger partial charge in [0.2, 0.25) is 0 Å². The number of benzene rings is 14. The van der Waals surface area contributed by atoms with Crippen LogP contribution in [0.1, 0.15) is 264 Å². The normalized spacial score (nSPS) is 18.1. The zero-order valence-corrected chi connectivity index (χ0v) is 73.0. The number of para-hydroxylation sites is 4. The smallest absolute Gasteiger partial charge is 0.252 e. The van der Waals surface area contributed by atoms with Gasteiger partial charge in [0, 0.05) is 72.2 Å². The van der Waals surface area contributed by atoms with E-state index in [2.05, 4.69) is 0 Å². The maximum Gasteiger partial charge on any atom is 0.252 e. The first-order valence-electron chi connectivity index (χ1n) is 60.4. The summed E-state index contributed by atoms with van der Waals surface area (Å²) in [6.45, 7) is 38.6. The molecule has 14 aromatic carbocycles. The summed E-state index contributed by atoms with van der Waals surface area (Å²) in [6, 6.07) is -19.0. The zero-order chi connectivity index (χ0) is 119. The van der Waals surface area contributed by atoms with E-state index in [1.54, 1.807) is 166 Å². The number of aromatic nitrogens is 2. The van der Waals surface area contributed by atoms with Crippen molar-refractivity contribution in [3.8, 4) is 67.0 Å². The van der Waals surface area contributed by atoms with E-state index in [1.807, 2.05) is 0 Å². The fraction of sp³-hybridized carbons (Fsp3) is 0.276. The van der Waals surface area contributed by atoms with E-state index in [1.165, 1.54) is 58.3 Å². The van der Waals surface area contributed by atoms with Gasteiger partial charge in [0.25, 0.3) is 6.71 Å². The minimum absolute atomic E-state index is 0.0354. The van der Waals surface area contributed by atoms with E-state index in [9.17, 15) is 52.1 Å². The van der Waals surface area contributed by atoms with Gasteiger partial charge in [-0.25, -0.2) is 0 Å². The second kappa shape index (κ2) is 28.5. The molecular weight excluding hydrogens is 1460 g/mol. The molecule has 0 amide bonds. The Labute approximate surface area is 775 Å². The fourth-order valence-electron chi connectivity index (χ4n) is 15.9. The number of hydrogen-bond acceptors (Lipinski definition) is 2. The van der Waals surface area contributed by atoms with Gasteiger partial charge in [0.15, 0.2) is 0 Å². The highest BCUT2D eigenvalue weighted by Gasteiger charge is 2.47. The van der Waals surface area contributed by atoms with Crippen LogP contribution in [0.5, 0.6) is 0 Å². The van der Waals surface area contributed by atoms with E-state index in [4.69, 9.17) is 1.37 Å². The molecule has 4 heterocycles. The third-order valence-corrected chi connectivity index (χ3v) is 22.6. The van der Waals surface area contributed by atoms with E-state index in [-0.39, 0.29) is 95.6 Å². The van der Waals surface area contributed by atoms with Crippen molar-refractivity contribution in [2.45, 2.75) is 209 Å². The summed E-state index contributed by atoms with van der Waals surface area (Å²) in [7, 11) is 0. The maximum atomic E-state index is 11.9. The molecule has 0 bridgehead atoms. The topological polar surface area (TPSA) is 16.3 Å². The summed E-state index contributed by atoms with van der Waals surface area (Å²) < 4.78 is 408. The van der Waals surface area contributed by atoms with Crippen LogP contribution in [0.15, 0.2) is 284 Å². The maximum absolute atomic E-state index is 11.9. The van der Waals surface area contributed by atoms with Gasteiger partial charge in [-0.1, -0.05) is 372 Å². The monoisotopic (exact) mass is 1620 g/mol. The molecule has 16 aromatic rings. The number of hydrogen-bond donors (Lipinski definition) is 0. The van der Waals surface area contributed by atoms with E-state index < -0.39 is 396 Å². The predicted octanol–water partition coefficient (Wildman–Crippen LogP) is 30.7. The zero-order valence-electron chi connectivity index (χ0n) is 112. The number of nitrogens with zero attached hydrogens (tertiary/aromatic N) is 4. The average molecular weight is 1620 g/mol. The molecule has 2 aliphatic heterocycles. The summed E-state index contributed by atoms with van der Waals surface area (Å²) in [5, 5.41) is -1.99. The first kappa shape index (κ1) is 46.9. The average Bonchev–Trinajstić information content (AvgIpc) is 0.998. The van der Waals surface area contributed by atoms with Crippen molar-refractivity contribution in [3.63, 3.8) is 0 Å². The van der Waals surface area contributed by atoms with E-state index in [0.717, 1.165) is 9.13 Å². The van der Waals surface area contributed by atoms with Crippen LogP contribution in [0.4, 0.5) is 34.1 Å². The molecule has 5 heteroatoms. The molecule has 4 nitrogen and oxygen atoms in total. The van der Waals surface area contributed by atoms with Crippen molar-refractivity contribution in [2.24, 2.45) is 0 Å². The summed E-state index contributed by atoms with van der Waals surface area (Å²) in [4.78, 5) is 2.70. The van der Waals surface area contributed by atoms with Crippen molar-refractivity contribution in [1.82, 2.24) is 9.13 Å². The molecule has 121 heavy (non-hydrogen) atoms. The SMILES string of the molecule is [2H]c1c([2H])c([2H])c(-c2ccc3c(c2)N(c2c(-c4c([2H])c([2H])c(C(C)(C)C)c([2H])c4[2H])c([2H])c(C(C)(C)C)c([2H])c2-c2c([2H])c(C(C)(C)C)c([2H])c(C(C)(C)C)c2[2H])c2cc(-n4c5c([2H])c([2H])c([2H])c([2H])c5c5c([2H])c([2H])c([2H])c([2H])c54)cc4c2B3c2ccc(-n3c5c([2H])c([2H])c([2H])c([2H])c5c5c([2H])c([2H])c([2H])c([2H])c53)cc2N4c2c(-c3c([2H])c([2H])c(C(C)(C)C)c([2H])c3[2H])c([2H])c(C(C)(C)C)c([2H])c2-c2c([2H])c(C(C)(C)C)c([2H])c(C(C)(C)C)c2[2H])c([2H])c1[2H]. The molecule has 0 saturated heterocycles. The van der Waals surface area contributed by atoms with Crippen LogP contribution < -0.4 is 26.2 Å². The lowest BCUT2D eigenvalue weighted by Crippen LogP contribution is -2.61. The first-order valence-corrected chi connectivity index (χ1v) is 40.9. The Morgan fingerprint density at radius 3 is 0.868 bits per heavy atom. The second-order valence-corrected chi connectivity index (χ2v) is 40.0. The highest BCUT2D eigenvalue weighted by molar-refractivity contribution is 7.00. The molecular formula is C116H119BN4. The van der Waals surface area contributed by atoms with Crippen LogP contribution in [0.2, 0.25) is 0 Å². The van der Waals surface area contributed by atoms with Gasteiger partial charge in [-0.2, -0.15) is 0 Å². The standard InChI is InChI=1S/C116H119BN4/c1-109(2,3)78-51-46-73(47-52-78)92-65-84(115(19,20)21)67-94(76-58-80(111(7,8)9)63-81(59-76)112(10,11)12)107(92)120-102-62-75(72-36-26-25-27-37-72)50-56-96(102)117-97-57-55-86(118-98-42-32-28-38-88(98)89-39-29-33-43-99(89)118)69-103(97)121(105-71-87(70-104(120)106(105)117)119-100-44-34-30-40-90(100)91-41-31-35-45-101(91)119)108-93(74-48-53-79(54-49-74)110(4,5)6)66-85(116(22,23)24)68-95(108)77-60-82(113(13,14)15)64-83(61-77)114(16,17)18/h25-71H,1-24H3/i25D,26D,27D,28D,29D,30D,31D,32D,33D,34D,35D,36D,37D,38D,39D,40D,41D,42D,43D,44D,45D,46D,47D,48D,49D,51D,52D,53D,54D,58D,59D,60D,61D,63D,64D,65D,66D,67D,68D. The molecule has 0 spiro atoms. The second-order valence-electron chi connectivity index (χ2n) is 40.0. The quantitative estimate of drug-likeness (QED) is 0.134. The van der Waals surface area contributed by atoms with Crippen LogP contribution >= 0.6 is 0 Å². The van der Waals surface area contributed by atoms with Crippen LogP contribution in [0.25, 0.3) is 111 Å². The summed E-state index contributed by atoms with van der Waals surface area (Å²) in [5.41, 5.74) is -23.6. The lowest BCUT2D eigenvalue weighted by atomic mass is 9.33. The van der Waals surface area contributed by atoms with Crippen LogP contribution in [-0.4, -0.2) is 15.8 Å². The Bertz CT molecular complexity index is 9020. The molecule has 606 valence electrons. The third-order valence-electron chi connectivity index (χ3n) is 22.6. The van der Waals surface area contributed by atoms with E-state index in [0.29, 0.717) is 0 Å². The predicted molar refractivity (Wildman–Crippen MR) is 526 cm³/mol. The summed E-state index contributed by atoms with van der Waals surface area (Å²) in [6.07, 6.45) is 0. The van der Waals surface area contributed by atoms with Crippen molar-refractivity contribution < 1.29 is 53.5 Å². The van der Waals surface area contributed by atoms with Crippen LogP contribution in [-0.2, 0) is 43.3 Å². The Morgan fingerprint density at radius 2 is 0.521 bits per heavy atom. The van der Waals surface area contributed by atoms with Crippen LogP contribution in [0, 0.1) is 0 Å². The molecule has 0 atom stereocenters. The number of fused-ring (bicyclic) bond motifs is 10. The number of rotatable bonds is 9. The minimum atomic E-state index is -1.76. The first-order chi connectivity index (χ1) is 73.4. The van der Waals surface area contributed by atoms with Gasteiger partial charge in [-0.15, -0.1) is 0 Å². The highest BCUT2D eigenvalue weighted by atomic mass is 15.2. The molecule has 0 radical (unpaired) electrons. The Balaban J connectivity index is 1.28. The van der Waals surface area contributed by atoms with Gasteiger partial charge in [0.05, 0.1) is 92.6 Å². The molecule has 0 saturated carbocycles. The van der Waals surface area contributed by atoms with Gasteiger partial charge in [-0.3, -0.25) is 0 Å². The van der Waals surface area contributed by atoms with Crippen molar-refractivity contribution >= 4 is 101 Å². The molecule has 0 N–H and O–H groups in total. The fourth-order valence-corrected chi connectivity index (χ4v) is 15.9. The Hall–Kier alpha value is -11.7. The molecule has 0 aliphatic carbocycles. The van der Waals surface area contributed by atoms with Crippen molar-refractivity contribution in [1.29, 1.82) is 0 Å². The molecule has 0 fully saturated rings. The summed E-state index contributed by atoms with van der Waals surface area (Å²) in [5.74, 6) is 0. The summed E-state index contributed by atoms with van der Waals surface area (Å²) >= 11 is 0. The van der Waals surface area contributed by atoms with Crippen molar-refractivity contribution in [3.05, 3.63) is 329 Å².